The van der Waals surface area contributed by atoms with Gasteiger partial charge in [0, 0.05) is 0 Å². The van der Waals surface area contributed by atoms with Crippen molar-refractivity contribution in [2.24, 2.45) is 0 Å². The third-order valence-electron chi connectivity index (χ3n) is 4.15. The largest absolute Gasteiger partial charge is 0.464 e. The van der Waals surface area contributed by atoms with E-state index in [1.807, 2.05) is 0 Å². The zero-order valence-corrected chi connectivity index (χ0v) is 17.0. The van der Waals surface area contributed by atoms with E-state index in [0.717, 1.165) is 31.4 Å². The molecule has 0 saturated heterocycles. The molecule has 0 radical (unpaired) electrons. The van der Waals surface area contributed by atoms with Crippen molar-refractivity contribution in [1.29, 1.82) is 0 Å². The van der Waals surface area contributed by atoms with E-state index in [-0.39, 0.29) is 11.3 Å². The first-order chi connectivity index (χ1) is 13.3. The molecular weight excluding hydrogens is 387 g/mol. The summed E-state index contributed by atoms with van der Waals surface area (Å²) in [5, 5.41) is 0. The Balaban J connectivity index is 2.56. The Kier molecular flexibility index (Phi) is 6.06. The fourth-order valence-corrected chi connectivity index (χ4v) is 2.52. The molecule has 0 amide bonds. The van der Waals surface area contributed by atoms with Crippen molar-refractivity contribution in [2.45, 2.75) is 45.6 Å². The van der Waals surface area contributed by atoms with Crippen LogP contribution >= 0.6 is 0 Å². The van der Waals surface area contributed by atoms with Crippen LogP contribution in [0.25, 0.3) is 11.3 Å². The lowest BCUT2D eigenvalue weighted by Crippen LogP contribution is -2.37. The number of hydrogen-bond acceptors (Lipinski definition) is 5. The molecule has 2 rings (SSSR count). The highest BCUT2D eigenvalue weighted by atomic mass is 19.1. The molecule has 5 nitrogen and oxygen atoms in total. The second-order valence-electron chi connectivity index (χ2n) is 7.96. The van der Waals surface area contributed by atoms with Crippen molar-refractivity contribution in [3.8, 4) is 11.3 Å². The van der Waals surface area contributed by atoms with Gasteiger partial charge >= 0.3 is 11.9 Å². The minimum atomic E-state index is -1.37. The number of benzene rings is 1. The highest BCUT2D eigenvalue weighted by Crippen LogP contribution is 2.34. The van der Waals surface area contributed by atoms with Gasteiger partial charge in [0.15, 0.2) is 0 Å². The smallest absolute Gasteiger partial charge is 0.356 e. The lowest BCUT2D eigenvalue weighted by atomic mass is 9.83. The number of carbonyl (C=O) groups excluding carboxylic acids is 2. The van der Waals surface area contributed by atoms with Crippen LogP contribution in [0.15, 0.2) is 24.3 Å². The Bertz CT molecular complexity index is 942. The molecule has 2 aromatic rings. The van der Waals surface area contributed by atoms with E-state index in [1.54, 1.807) is 20.8 Å². The van der Waals surface area contributed by atoms with E-state index in [0.29, 0.717) is 0 Å². The quantitative estimate of drug-likeness (QED) is 0.692. The summed E-state index contributed by atoms with van der Waals surface area (Å²) in [5.74, 6) is -4.84. The summed E-state index contributed by atoms with van der Waals surface area (Å²) in [4.78, 5) is 27.8. The van der Waals surface area contributed by atoms with Crippen LogP contribution in [0.3, 0.4) is 0 Å². The van der Waals surface area contributed by atoms with E-state index in [4.69, 9.17) is 4.74 Å². The fraction of sp³-hybridized carbons (Fsp3) is 0.381. The lowest BCUT2D eigenvalue weighted by Gasteiger charge is -2.29. The fourth-order valence-electron chi connectivity index (χ4n) is 2.52. The summed E-state index contributed by atoms with van der Waals surface area (Å²) in [6.07, 6.45) is 0. The highest BCUT2D eigenvalue weighted by molar-refractivity contribution is 5.88. The number of esters is 2. The van der Waals surface area contributed by atoms with Gasteiger partial charge in [0.25, 0.3) is 0 Å². The monoisotopic (exact) mass is 409 g/mol. The first kappa shape index (κ1) is 22.4. The Hall–Kier alpha value is -2.90. The lowest BCUT2D eigenvalue weighted by molar-refractivity contribution is -0.160. The Morgan fingerprint density at radius 1 is 0.931 bits per heavy atom. The molecule has 0 saturated carbocycles. The predicted octanol–water partition coefficient (Wildman–Crippen LogP) is 4.57. The molecule has 0 N–H and O–H groups in total. The second kappa shape index (κ2) is 7.85. The number of ether oxygens (including phenoxy) is 2. The number of rotatable bonds is 4. The average Bonchev–Trinajstić information content (AvgIpc) is 2.60. The minimum Gasteiger partial charge on any atom is -0.464 e. The van der Waals surface area contributed by atoms with Crippen molar-refractivity contribution >= 4 is 11.9 Å². The molecule has 0 aliphatic heterocycles. The van der Waals surface area contributed by atoms with Gasteiger partial charge in [-0.25, -0.2) is 22.9 Å². The molecular formula is C21H22F3NO4. The van der Waals surface area contributed by atoms with E-state index in [9.17, 15) is 22.8 Å². The molecule has 0 atom stereocenters. The van der Waals surface area contributed by atoms with E-state index in [1.165, 1.54) is 13.8 Å². The predicted molar refractivity (Wildman–Crippen MR) is 99.8 cm³/mol. The number of pyridine rings is 1. The van der Waals surface area contributed by atoms with Crippen LogP contribution in [0.2, 0.25) is 0 Å². The highest BCUT2D eigenvalue weighted by Gasteiger charge is 2.36. The van der Waals surface area contributed by atoms with Gasteiger partial charge in [-0.15, -0.1) is 0 Å². The van der Waals surface area contributed by atoms with Gasteiger partial charge in [-0.2, -0.15) is 0 Å². The van der Waals surface area contributed by atoms with Crippen LogP contribution < -0.4 is 0 Å². The van der Waals surface area contributed by atoms with Gasteiger partial charge in [-0.05, 0) is 64.4 Å². The minimum absolute atomic E-state index is 0.00929. The maximum absolute atomic E-state index is 14.8. The van der Waals surface area contributed by atoms with Crippen LogP contribution in [0.5, 0.6) is 0 Å². The van der Waals surface area contributed by atoms with Gasteiger partial charge < -0.3 is 9.47 Å². The summed E-state index contributed by atoms with van der Waals surface area (Å²) in [5.41, 5.74) is -3.88. The first-order valence-corrected chi connectivity index (χ1v) is 8.76. The maximum Gasteiger partial charge on any atom is 0.356 e. The third kappa shape index (κ3) is 4.75. The molecule has 0 aliphatic carbocycles. The SMILES string of the molecule is COC(=O)c1ccc(F)c(-c2c(F)cc(C(C)(C)C(=O)OC(C)(C)C)cc2F)n1. The Morgan fingerprint density at radius 3 is 1.97 bits per heavy atom. The summed E-state index contributed by atoms with van der Waals surface area (Å²) < 4.78 is 53.6. The molecule has 156 valence electrons. The molecule has 0 fully saturated rings. The zero-order valence-electron chi connectivity index (χ0n) is 17.0. The van der Waals surface area contributed by atoms with Gasteiger partial charge in [0.2, 0.25) is 0 Å². The number of hydrogen-bond donors (Lipinski definition) is 0. The molecule has 0 spiro atoms. The third-order valence-corrected chi connectivity index (χ3v) is 4.15. The maximum atomic E-state index is 14.8. The van der Waals surface area contributed by atoms with Crippen molar-refractivity contribution in [2.75, 3.05) is 7.11 Å². The number of carbonyl (C=O) groups is 2. The van der Waals surface area contributed by atoms with E-state index < -0.39 is 51.7 Å². The molecule has 1 heterocycles. The average molecular weight is 409 g/mol. The molecule has 0 aliphatic rings. The summed E-state index contributed by atoms with van der Waals surface area (Å²) in [7, 11) is 1.10. The normalized spacial score (nSPS) is 11.9. The summed E-state index contributed by atoms with van der Waals surface area (Å²) >= 11 is 0. The number of methoxy groups -OCH3 is 1. The van der Waals surface area contributed by atoms with Gasteiger partial charge in [-0.3, -0.25) is 4.79 Å². The number of aromatic nitrogens is 1. The zero-order chi connectivity index (χ0) is 22.1. The van der Waals surface area contributed by atoms with Gasteiger partial charge in [-0.1, -0.05) is 0 Å². The van der Waals surface area contributed by atoms with E-state index >= 15 is 0 Å². The van der Waals surface area contributed by atoms with Crippen molar-refractivity contribution in [1.82, 2.24) is 4.98 Å². The van der Waals surface area contributed by atoms with Crippen molar-refractivity contribution in [3.05, 3.63) is 53.0 Å². The number of nitrogens with zero attached hydrogens (tertiary/aromatic N) is 1. The summed E-state index contributed by atoms with van der Waals surface area (Å²) in [6.45, 7) is 7.95. The molecule has 0 bridgehead atoms. The molecule has 1 aromatic heterocycles. The standard InChI is InChI=1S/C21H22F3NO4/c1-20(2,3)29-19(27)21(4,5)11-9-13(23)16(14(24)10-11)17-12(22)7-8-15(25-17)18(26)28-6/h7-10H,1-6H3. The van der Waals surface area contributed by atoms with Crippen LogP contribution in [-0.2, 0) is 19.7 Å². The topological polar surface area (TPSA) is 65.5 Å². The van der Waals surface area contributed by atoms with Crippen molar-refractivity contribution in [3.63, 3.8) is 0 Å². The molecule has 1 aromatic carbocycles. The van der Waals surface area contributed by atoms with Crippen LogP contribution in [0.1, 0.15) is 50.7 Å². The van der Waals surface area contributed by atoms with Crippen LogP contribution in [-0.4, -0.2) is 29.6 Å². The van der Waals surface area contributed by atoms with Gasteiger partial charge in [0.1, 0.15) is 34.4 Å². The summed E-state index contributed by atoms with van der Waals surface area (Å²) in [6, 6.07) is 3.76. The molecule has 0 unspecified atom stereocenters. The van der Waals surface area contributed by atoms with E-state index in [2.05, 4.69) is 9.72 Å². The Morgan fingerprint density at radius 2 is 1.48 bits per heavy atom. The second-order valence-corrected chi connectivity index (χ2v) is 7.96. The number of halogens is 3. The van der Waals surface area contributed by atoms with Crippen molar-refractivity contribution < 1.29 is 32.2 Å². The van der Waals surface area contributed by atoms with Crippen LogP contribution in [0.4, 0.5) is 13.2 Å². The van der Waals surface area contributed by atoms with Crippen LogP contribution in [0, 0.1) is 17.5 Å². The molecule has 8 heteroatoms. The Labute approximate surface area is 166 Å². The van der Waals surface area contributed by atoms with Gasteiger partial charge in [0.05, 0.1) is 18.1 Å². The molecule has 29 heavy (non-hydrogen) atoms. The first-order valence-electron chi connectivity index (χ1n) is 8.76.